The second-order valence-electron chi connectivity index (χ2n) is 6.24. The number of aromatic nitrogens is 2. The summed E-state index contributed by atoms with van der Waals surface area (Å²) in [6.07, 6.45) is 4.21. The molecule has 0 spiro atoms. The number of anilines is 3. The summed E-state index contributed by atoms with van der Waals surface area (Å²) in [5.74, 6) is -0.0327. The molecule has 0 aliphatic carbocycles. The molecular weight excluding hydrogens is 425 g/mol. The Kier molecular flexibility index (Phi) is 5.44. The van der Waals surface area contributed by atoms with E-state index >= 15 is 0 Å². The van der Waals surface area contributed by atoms with Crippen LogP contribution in [-0.4, -0.2) is 43.8 Å². The van der Waals surface area contributed by atoms with Crippen LogP contribution in [0.4, 0.5) is 21.6 Å². The number of nitrogens with zero attached hydrogens (tertiary/aromatic N) is 3. The predicted octanol–water partition coefficient (Wildman–Crippen LogP) is 2.45. The molecule has 3 rings (SSSR count). The molecule has 1 saturated heterocycles. The van der Waals surface area contributed by atoms with E-state index < -0.39 is 9.84 Å². The summed E-state index contributed by atoms with van der Waals surface area (Å²) >= 11 is 3.14. The predicted molar refractivity (Wildman–Crippen MR) is 102 cm³/mol. The molecule has 7 nitrogen and oxygen atoms in total. The van der Waals surface area contributed by atoms with Crippen LogP contribution in [0.3, 0.4) is 0 Å². The Hall–Kier alpha value is -1.78. The summed E-state index contributed by atoms with van der Waals surface area (Å²) in [6.45, 7) is 1.45. The number of halogens is 2. The number of benzene rings is 1. The number of sulfone groups is 1. The lowest BCUT2D eigenvalue weighted by atomic mass is 10.1. The molecule has 0 radical (unpaired) electrons. The molecule has 2 aromatic rings. The summed E-state index contributed by atoms with van der Waals surface area (Å²) < 4.78 is 37.4. The molecule has 3 N–H and O–H groups in total. The Balaban J connectivity index is 1.99. The topological polar surface area (TPSA) is 101 Å². The summed E-state index contributed by atoms with van der Waals surface area (Å²) in [6, 6.07) is 4.59. The molecule has 1 fully saturated rings. The third kappa shape index (κ3) is 4.30. The second kappa shape index (κ2) is 7.45. The number of nitrogens with two attached hydrogens (primary N) is 1. The molecule has 1 aliphatic rings. The molecule has 2 heterocycles. The Labute approximate surface area is 159 Å². The summed E-state index contributed by atoms with van der Waals surface area (Å²) in [7, 11) is -3.56. The van der Waals surface area contributed by atoms with Crippen LogP contribution in [-0.2, 0) is 9.84 Å². The molecular formula is C16H19BrFN5O2S. The number of nitrogens with one attached hydrogen (secondary N) is 1. The van der Waals surface area contributed by atoms with Gasteiger partial charge in [-0.15, -0.1) is 0 Å². The lowest BCUT2D eigenvalue weighted by molar-refractivity contribution is 0.500. The minimum atomic E-state index is -3.56. The van der Waals surface area contributed by atoms with Crippen LogP contribution in [0.25, 0.3) is 0 Å². The molecule has 1 aromatic carbocycles. The summed E-state index contributed by atoms with van der Waals surface area (Å²) in [4.78, 5) is 10.3. The zero-order valence-electron chi connectivity index (χ0n) is 14.1. The van der Waals surface area contributed by atoms with E-state index in [1.54, 1.807) is 12.1 Å². The van der Waals surface area contributed by atoms with E-state index in [0.29, 0.717) is 21.7 Å². The van der Waals surface area contributed by atoms with Crippen molar-refractivity contribution in [3.63, 3.8) is 0 Å². The molecule has 10 heteroatoms. The first-order valence-electron chi connectivity index (χ1n) is 8.04. The number of rotatable bonds is 4. The van der Waals surface area contributed by atoms with Gasteiger partial charge in [-0.2, -0.15) is 4.98 Å². The highest BCUT2D eigenvalue weighted by atomic mass is 79.9. The monoisotopic (exact) mass is 443 g/mol. The van der Waals surface area contributed by atoms with Crippen molar-refractivity contribution in [3.05, 3.63) is 34.7 Å². The van der Waals surface area contributed by atoms with Gasteiger partial charge in [-0.3, -0.25) is 0 Å². The normalized spacial score (nSPS) is 15.9. The van der Waals surface area contributed by atoms with Gasteiger partial charge in [-0.25, -0.2) is 17.8 Å². The van der Waals surface area contributed by atoms with Crippen molar-refractivity contribution < 1.29 is 12.8 Å². The van der Waals surface area contributed by atoms with Gasteiger partial charge in [0.1, 0.15) is 5.82 Å². The van der Waals surface area contributed by atoms with E-state index in [2.05, 4.69) is 36.1 Å². The molecule has 0 saturated carbocycles. The van der Waals surface area contributed by atoms with Gasteiger partial charge in [-0.1, -0.05) is 0 Å². The van der Waals surface area contributed by atoms with Crippen LogP contribution in [0.1, 0.15) is 12.8 Å². The van der Waals surface area contributed by atoms with Crippen molar-refractivity contribution in [1.29, 1.82) is 0 Å². The van der Waals surface area contributed by atoms with Crippen LogP contribution in [0, 0.1) is 5.82 Å². The highest BCUT2D eigenvalue weighted by molar-refractivity contribution is 9.10. The first-order valence-corrected chi connectivity index (χ1v) is 10.7. The Morgan fingerprint density at radius 3 is 2.65 bits per heavy atom. The standard InChI is InChI=1S/C16H19BrFN5O2S/c1-26(24,25)16-20-9-14(23-6-4-10(19)5-7-23)15(22-16)21-11-2-3-13(18)12(17)8-11/h2-3,8-10H,4-7,19H2,1H3,(H,20,21,22). The Bertz CT molecular complexity index is 917. The minimum Gasteiger partial charge on any atom is -0.367 e. The van der Waals surface area contributed by atoms with Gasteiger partial charge in [0.2, 0.25) is 15.0 Å². The van der Waals surface area contributed by atoms with Crippen molar-refractivity contribution in [2.75, 3.05) is 29.6 Å². The van der Waals surface area contributed by atoms with E-state index in [0.717, 1.165) is 32.2 Å². The van der Waals surface area contributed by atoms with Crippen molar-refractivity contribution in [3.8, 4) is 0 Å². The van der Waals surface area contributed by atoms with Gasteiger partial charge in [0.15, 0.2) is 5.82 Å². The van der Waals surface area contributed by atoms with Gasteiger partial charge in [0.05, 0.1) is 16.4 Å². The number of piperidine rings is 1. The fourth-order valence-electron chi connectivity index (χ4n) is 2.71. The van der Waals surface area contributed by atoms with E-state index in [1.165, 1.54) is 12.3 Å². The molecule has 0 bridgehead atoms. The van der Waals surface area contributed by atoms with E-state index in [9.17, 15) is 12.8 Å². The van der Waals surface area contributed by atoms with Crippen LogP contribution in [0.15, 0.2) is 34.0 Å². The second-order valence-corrected chi connectivity index (χ2v) is 9.00. The van der Waals surface area contributed by atoms with Gasteiger partial charge < -0.3 is 16.0 Å². The largest absolute Gasteiger partial charge is 0.367 e. The zero-order chi connectivity index (χ0) is 18.9. The maximum Gasteiger partial charge on any atom is 0.248 e. The van der Waals surface area contributed by atoms with Crippen LogP contribution >= 0.6 is 15.9 Å². The van der Waals surface area contributed by atoms with Gasteiger partial charge in [0, 0.05) is 31.1 Å². The van der Waals surface area contributed by atoms with Crippen molar-refractivity contribution in [1.82, 2.24) is 9.97 Å². The molecule has 1 aliphatic heterocycles. The molecule has 0 unspecified atom stereocenters. The maximum atomic E-state index is 13.5. The molecule has 1 aromatic heterocycles. The van der Waals surface area contributed by atoms with E-state index in [1.807, 2.05) is 0 Å². The molecule has 140 valence electrons. The van der Waals surface area contributed by atoms with Crippen molar-refractivity contribution in [2.45, 2.75) is 24.0 Å². The quantitative estimate of drug-likeness (QED) is 0.699. The highest BCUT2D eigenvalue weighted by Gasteiger charge is 2.22. The molecule has 0 amide bonds. The smallest absolute Gasteiger partial charge is 0.248 e. The van der Waals surface area contributed by atoms with Crippen LogP contribution in [0.2, 0.25) is 0 Å². The van der Waals surface area contributed by atoms with Gasteiger partial charge in [-0.05, 0) is 47.0 Å². The molecule has 26 heavy (non-hydrogen) atoms. The average molecular weight is 444 g/mol. The van der Waals surface area contributed by atoms with Gasteiger partial charge in [0.25, 0.3) is 0 Å². The minimum absolute atomic E-state index is 0.159. The maximum absolute atomic E-state index is 13.5. The lowest BCUT2D eigenvalue weighted by Gasteiger charge is -2.32. The Morgan fingerprint density at radius 2 is 2.04 bits per heavy atom. The first kappa shape index (κ1) is 19.0. The van der Waals surface area contributed by atoms with E-state index in [-0.39, 0.29) is 17.0 Å². The van der Waals surface area contributed by atoms with Crippen LogP contribution in [0.5, 0.6) is 0 Å². The average Bonchev–Trinajstić information content (AvgIpc) is 2.58. The third-order valence-electron chi connectivity index (χ3n) is 4.14. The van der Waals surface area contributed by atoms with Crippen LogP contribution < -0.4 is 16.0 Å². The lowest BCUT2D eigenvalue weighted by Crippen LogP contribution is -2.40. The fraction of sp³-hybridized carbons (Fsp3) is 0.375. The zero-order valence-corrected chi connectivity index (χ0v) is 16.5. The van der Waals surface area contributed by atoms with Crippen molar-refractivity contribution in [2.24, 2.45) is 5.73 Å². The van der Waals surface area contributed by atoms with Gasteiger partial charge >= 0.3 is 0 Å². The highest BCUT2D eigenvalue weighted by Crippen LogP contribution is 2.30. The summed E-state index contributed by atoms with van der Waals surface area (Å²) in [5.41, 5.74) is 7.22. The number of hydrogen-bond donors (Lipinski definition) is 2. The summed E-state index contributed by atoms with van der Waals surface area (Å²) in [5, 5.41) is 2.81. The first-order chi connectivity index (χ1) is 12.2. The number of hydrogen-bond acceptors (Lipinski definition) is 7. The SMILES string of the molecule is CS(=O)(=O)c1ncc(N2CCC(N)CC2)c(Nc2ccc(F)c(Br)c2)n1. The third-order valence-corrected chi connectivity index (χ3v) is 5.61. The molecule has 0 atom stereocenters. The Morgan fingerprint density at radius 1 is 1.35 bits per heavy atom. The van der Waals surface area contributed by atoms with E-state index in [4.69, 9.17) is 5.73 Å². The van der Waals surface area contributed by atoms with Crippen molar-refractivity contribution >= 4 is 43.0 Å². The fourth-order valence-corrected chi connectivity index (χ4v) is 3.59.